The molecule has 4 rings (SSSR count). The number of aliphatic hydroxyl groups excluding tert-OH is 1. The van der Waals surface area contributed by atoms with Crippen molar-refractivity contribution in [2.75, 3.05) is 6.61 Å². The molecule has 1 aliphatic rings. The molecule has 0 aliphatic carbocycles. The predicted octanol–water partition coefficient (Wildman–Crippen LogP) is 3.14. The molecule has 0 spiro atoms. The zero-order valence-corrected chi connectivity index (χ0v) is 19.6. The predicted molar refractivity (Wildman–Crippen MR) is 124 cm³/mol. The number of phenols is 1. The number of halogens is 1. The first kappa shape index (κ1) is 25.0. The maximum absolute atomic E-state index is 12.7. The molecular weight excluding hydrogens is 500 g/mol. The van der Waals surface area contributed by atoms with Crippen LogP contribution in [0.4, 0.5) is 0 Å². The Morgan fingerprint density at radius 1 is 0.971 bits per heavy atom. The van der Waals surface area contributed by atoms with Gasteiger partial charge in [-0.2, -0.15) is 8.42 Å². The Morgan fingerprint density at radius 2 is 1.63 bits per heavy atom. The molecule has 0 aromatic heterocycles. The van der Waals surface area contributed by atoms with Crippen LogP contribution in [0.3, 0.4) is 0 Å². The fourth-order valence-electron chi connectivity index (χ4n) is 3.31. The van der Waals surface area contributed by atoms with Crippen LogP contribution in [0.2, 0.25) is 5.02 Å². The summed E-state index contributed by atoms with van der Waals surface area (Å²) in [5.41, 5.74) is 0.208. The van der Waals surface area contributed by atoms with Gasteiger partial charge in [0.15, 0.2) is 6.10 Å². The van der Waals surface area contributed by atoms with E-state index >= 15 is 0 Å². The van der Waals surface area contributed by atoms with Crippen molar-refractivity contribution < 1.29 is 41.8 Å². The van der Waals surface area contributed by atoms with E-state index in [1.165, 1.54) is 60.7 Å². The third kappa shape index (κ3) is 6.11. The van der Waals surface area contributed by atoms with Crippen molar-refractivity contribution in [2.24, 2.45) is 0 Å². The lowest BCUT2D eigenvalue weighted by atomic mass is 10.0. The first-order valence-electron chi connectivity index (χ1n) is 10.4. The van der Waals surface area contributed by atoms with Crippen molar-refractivity contribution in [3.8, 4) is 11.5 Å². The largest absolute Gasteiger partial charge is 0.508 e. The maximum atomic E-state index is 12.7. The number of aliphatic hydroxyl groups is 1. The number of carbonyl (C=O) groups excluding carboxylic acids is 1. The molecule has 2 N–H and O–H groups in total. The molecule has 35 heavy (non-hydrogen) atoms. The molecule has 0 saturated carbocycles. The fraction of sp³-hybridized carbons (Fsp3) is 0.208. The van der Waals surface area contributed by atoms with Crippen molar-refractivity contribution in [1.82, 2.24) is 0 Å². The smallest absolute Gasteiger partial charge is 0.338 e. The van der Waals surface area contributed by atoms with Crippen LogP contribution in [-0.2, 0) is 23.8 Å². The molecule has 4 atom stereocenters. The second kappa shape index (κ2) is 10.6. The third-order valence-electron chi connectivity index (χ3n) is 5.10. The summed E-state index contributed by atoms with van der Waals surface area (Å²) in [4.78, 5) is 12.5. The van der Waals surface area contributed by atoms with E-state index in [1.54, 1.807) is 18.2 Å². The summed E-state index contributed by atoms with van der Waals surface area (Å²) in [6.07, 6.45) is -5.76. The van der Waals surface area contributed by atoms with Gasteiger partial charge in [0.2, 0.25) is 6.29 Å². The minimum atomic E-state index is -4.30. The van der Waals surface area contributed by atoms with Gasteiger partial charge in [0.1, 0.15) is 23.7 Å². The molecule has 11 heteroatoms. The first-order valence-corrected chi connectivity index (χ1v) is 12.2. The molecular formula is C24H21ClO9S. The number of carbonyl (C=O) groups is 1. The Balaban J connectivity index is 1.56. The summed E-state index contributed by atoms with van der Waals surface area (Å²) in [6, 6.07) is 19.0. The molecule has 0 unspecified atom stereocenters. The monoisotopic (exact) mass is 520 g/mol. The molecule has 1 fully saturated rings. The van der Waals surface area contributed by atoms with Crippen LogP contribution in [0, 0.1) is 0 Å². The van der Waals surface area contributed by atoms with Gasteiger partial charge in [-0.1, -0.05) is 29.8 Å². The summed E-state index contributed by atoms with van der Waals surface area (Å²) in [6.45, 7) is -0.379. The van der Waals surface area contributed by atoms with Crippen molar-refractivity contribution in [1.29, 1.82) is 0 Å². The van der Waals surface area contributed by atoms with Crippen LogP contribution in [0.25, 0.3) is 0 Å². The summed E-state index contributed by atoms with van der Waals surface area (Å²) in [5.74, 6) is -0.512. The number of aromatic hydroxyl groups is 1. The SMILES string of the molecule is O=C(O[C@H]1[C@H](Oc2ccc(O)cc2)OC[C@@H](OS(=O)(=O)c2ccc(Cl)cc2)[C@@H]1O)c1ccccc1. The molecule has 0 bridgehead atoms. The molecule has 3 aromatic rings. The molecule has 3 aromatic carbocycles. The van der Waals surface area contributed by atoms with Crippen molar-refractivity contribution in [3.63, 3.8) is 0 Å². The van der Waals surface area contributed by atoms with Crippen LogP contribution in [0.15, 0.2) is 83.8 Å². The van der Waals surface area contributed by atoms with Gasteiger partial charge in [-0.25, -0.2) is 4.79 Å². The van der Waals surface area contributed by atoms with Gasteiger partial charge in [0.05, 0.1) is 17.1 Å². The lowest BCUT2D eigenvalue weighted by molar-refractivity contribution is -0.236. The van der Waals surface area contributed by atoms with E-state index in [1.807, 2.05) is 0 Å². The maximum Gasteiger partial charge on any atom is 0.338 e. The quantitative estimate of drug-likeness (QED) is 0.356. The number of hydrogen-bond donors (Lipinski definition) is 2. The molecule has 1 heterocycles. The molecule has 1 saturated heterocycles. The van der Waals surface area contributed by atoms with Crippen LogP contribution in [0.5, 0.6) is 11.5 Å². The average Bonchev–Trinajstić information content (AvgIpc) is 2.85. The van der Waals surface area contributed by atoms with Crippen LogP contribution in [-0.4, -0.2) is 55.8 Å². The molecule has 184 valence electrons. The van der Waals surface area contributed by atoms with E-state index in [4.69, 9.17) is 30.0 Å². The zero-order chi connectivity index (χ0) is 25.0. The van der Waals surface area contributed by atoms with Gasteiger partial charge < -0.3 is 24.4 Å². The molecule has 1 aliphatic heterocycles. The summed E-state index contributed by atoms with van der Waals surface area (Å²) >= 11 is 5.81. The van der Waals surface area contributed by atoms with Gasteiger partial charge in [0.25, 0.3) is 10.1 Å². The molecule has 0 amide bonds. The van der Waals surface area contributed by atoms with E-state index in [0.29, 0.717) is 5.02 Å². The lowest BCUT2D eigenvalue weighted by Crippen LogP contribution is -2.57. The number of phenolic OH excluding ortho intramolecular Hbond substituents is 1. The third-order valence-corrected chi connectivity index (χ3v) is 6.71. The second-order valence-corrected chi connectivity index (χ2v) is 9.59. The van der Waals surface area contributed by atoms with Gasteiger partial charge in [-0.3, -0.25) is 4.18 Å². The highest BCUT2D eigenvalue weighted by atomic mass is 35.5. The Kier molecular flexibility index (Phi) is 7.58. The van der Waals surface area contributed by atoms with Crippen molar-refractivity contribution >= 4 is 27.7 Å². The van der Waals surface area contributed by atoms with Gasteiger partial charge >= 0.3 is 5.97 Å². The summed E-state index contributed by atoms with van der Waals surface area (Å²) < 4.78 is 47.5. The number of rotatable bonds is 7. The second-order valence-electron chi connectivity index (χ2n) is 7.58. The highest BCUT2D eigenvalue weighted by Gasteiger charge is 2.46. The van der Waals surface area contributed by atoms with Crippen LogP contribution >= 0.6 is 11.6 Å². The normalized spacial score (nSPS) is 22.3. The Labute approximate surface area is 206 Å². The van der Waals surface area contributed by atoms with E-state index in [2.05, 4.69) is 0 Å². The molecule has 0 radical (unpaired) electrons. The Hall–Kier alpha value is -3.15. The minimum Gasteiger partial charge on any atom is -0.508 e. The van der Waals surface area contributed by atoms with Gasteiger partial charge in [0, 0.05) is 5.02 Å². The zero-order valence-electron chi connectivity index (χ0n) is 18.1. The topological polar surface area (TPSA) is 129 Å². The lowest BCUT2D eigenvalue weighted by Gasteiger charge is -2.38. The van der Waals surface area contributed by atoms with Gasteiger partial charge in [-0.05, 0) is 60.7 Å². The van der Waals surface area contributed by atoms with E-state index in [-0.39, 0.29) is 28.6 Å². The fourth-order valence-corrected chi connectivity index (χ4v) is 4.51. The highest BCUT2D eigenvalue weighted by Crippen LogP contribution is 2.28. The number of benzene rings is 3. The van der Waals surface area contributed by atoms with Crippen molar-refractivity contribution in [3.05, 3.63) is 89.4 Å². The number of ether oxygens (including phenoxy) is 3. The van der Waals surface area contributed by atoms with E-state index in [0.717, 1.165) is 0 Å². The van der Waals surface area contributed by atoms with Gasteiger partial charge in [-0.15, -0.1) is 0 Å². The Morgan fingerprint density at radius 3 is 2.29 bits per heavy atom. The van der Waals surface area contributed by atoms with Crippen molar-refractivity contribution in [2.45, 2.75) is 29.5 Å². The average molecular weight is 521 g/mol. The number of hydrogen-bond acceptors (Lipinski definition) is 9. The number of esters is 1. The van der Waals surface area contributed by atoms with E-state index in [9.17, 15) is 23.4 Å². The summed E-state index contributed by atoms with van der Waals surface area (Å²) in [7, 11) is -4.30. The first-order chi connectivity index (χ1) is 16.7. The summed E-state index contributed by atoms with van der Waals surface area (Å²) in [5, 5.41) is 20.8. The van der Waals surface area contributed by atoms with Crippen LogP contribution in [0.1, 0.15) is 10.4 Å². The Bertz CT molecular complexity index is 1250. The highest BCUT2D eigenvalue weighted by molar-refractivity contribution is 7.86. The standard InChI is InChI=1S/C24H21ClO9S/c25-16-6-12-19(13-7-16)35(29,30)34-20-14-31-24(32-18-10-8-17(26)9-11-18)22(21(20)27)33-23(28)15-4-2-1-3-5-15/h1-13,20-22,24,26-27H,14H2/t20-,21+,22-,24+/m1/s1. The minimum absolute atomic E-state index is 0.00914. The molecule has 9 nitrogen and oxygen atoms in total. The van der Waals surface area contributed by atoms with E-state index < -0.39 is 40.7 Å². The van der Waals surface area contributed by atoms with Crippen LogP contribution < -0.4 is 4.74 Å².